The molecule has 1 N–H and O–H groups in total. The fourth-order valence-electron chi connectivity index (χ4n) is 1.49. The zero-order valence-electron chi connectivity index (χ0n) is 10.6. The zero-order chi connectivity index (χ0) is 13.8. The highest BCUT2D eigenvalue weighted by molar-refractivity contribution is 7.99. The first kappa shape index (κ1) is 13.9. The molecule has 2 aromatic rings. The maximum Gasteiger partial charge on any atom is 0.270 e. The van der Waals surface area contributed by atoms with Crippen LogP contribution in [0.4, 0.5) is 0 Å². The number of nitrogens with zero attached hydrogens (tertiary/aromatic N) is 3. The number of thioether (sulfide) groups is 1. The van der Waals surface area contributed by atoms with Gasteiger partial charge in [0.1, 0.15) is 5.82 Å². The normalized spacial score (nSPS) is 10.5. The summed E-state index contributed by atoms with van der Waals surface area (Å²) in [7, 11) is 0. The predicted molar refractivity (Wildman–Crippen MR) is 76.3 cm³/mol. The maximum atomic E-state index is 12.1. The summed E-state index contributed by atoms with van der Waals surface area (Å²) >= 11 is 7.38. The van der Waals surface area contributed by atoms with Crippen molar-refractivity contribution in [2.75, 3.05) is 11.2 Å². The summed E-state index contributed by atoms with van der Waals surface area (Å²) < 4.78 is 1.58. The van der Waals surface area contributed by atoms with Crippen LogP contribution in [0.3, 0.4) is 0 Å². The van der Waals surface area contributed by atoms with E-state index >= 15 is 0 Å². The summed E-state index contributed by atoms with van der Waals surface area (Å²) in [5.74, 6) is 1.24. The highest BCUT2D eigenvalue weighted by atomic mass is 35.5. The number of aryl methyl sites for hydroxylation is 1. The molecule has 1 aromatic heterocycles. The summed E-state index contributed by atoms with van der Waals surface area (Å²) in [6, 6.07) is 6.77. The van der Waals surface area contributed by atoms with Gasteiger partial charge in [0.2, 0.25) is 5.16 Å². The van der Waals surface area contributed by atoms with Gasteiger partial charge in [-0.15, -0.1) is 10.2 Å². The van der Waals surface area contributed by atoms with E-state index in [1.54, 1.807) is 35.9 Å². The third-order valence-corrected chi connectivity index (χ3v) is 3.41. The van der Waals surface area contributed by atoms with E-state index in [0.717, 1.165) is 5.75 Å². The van der Waals surface area contributed by atoms with Crippen LogP contribution in [0.25, 0.3) is 0 Å². The smallest absolute Gasteiger partial charge is 0.267 e. The Kier molecular flexibility index (Phi) is 4.44. The second kappa shape index (κ2) is 6.08. The molecule has 0 spiro atoms. The van der Waals surface area contributed by atoms with Crippen LogP contribution in [0.2, 0.25) is 5.02 Å². The molecule has 7 heteroatoms. The standard InChI is InChI=1S/C12H13ClN4OS/c1-3-19-12-15-14-8(2)17(12)16-11(18)9-5-4-6-10(13)7-9/h4-7H,3H2,1-2H3,(H,16,18). The summed E-state index contributed by atoms with van der Waals surface area (Å²) in [6.45, 7) is 3.79. The first-order valence-corrected chi connectivity index (χ1v) is 7.10. The number of halogens is 1. The monoisotopic (exact) mass is 296 g/mol. The van der Waals surface area contributed by atoms with Crippen molar-refractivity contribution in [3.05, 3.63) is 40.7 Å². The summed E-state index contributed by atoms with van der Waals surface area (Å²) in [5, 5.41) is 9.14. The fraction of sp³-hybridized carbons (Fsp3) is 0.250. The molecule has 0 fully saturated rings. The molecule has 1 heterocycles. The molecule has 0 bridgehead atoms. The Morgan fingerprint density at radius 1 is 1.47 bits per heavy atom. The fourth-order valence-corrected chi connectivity index (χ4v) is 2.34. The Bertz CT molecular complexity index is 599. The van der Waals surface area contributed by atoms with Crippen molar-refractivity contribution in [1.82, 2.24) is 14.9 Å². The van der Waals surface area contributed by atoms with Crippen LogP contribution >= 0.6 is 23.4 Å². The van der Waals surface area contributed by atoms with Crippen LogP contribution in [-0.4, -0.2) is 26.5 Å². The predicted octanol–water partition coefficient (Wildman–Crippen LogP) is 2.74. The van der Waals surface area contributed by atoms with E-state index in [0.29, 0.717) is 21.6 Å². The van der Waals surface area contributed by atoms with Gasteiger partial charge >= 0.3 is 0 Å². The summed E-state index contributed by atoms with van der Waals surface area (Å²) in [6.07, 6.45) is 0. The number of nitrogens with one attached hydrogen (secondary N) is 1. The van der Waals surface area contributed by atoms with Crippen LogP contribution in [0.5, 0.6) is 0 Å². The van der Waals surface area contributed by atoms with Crippen molar-refractivity contribution in [2.45, 2.75) is 19.0 Å². The Balaban J connectivity index is 2.21. The lowest BCUT2D eigenvalue weighted by atomic mass is 10.2. The lowest BCUT2D eigenvalue weighted by Crippen LogP contribution is -2.24. The lowest BCUT2D eigenvalue weighted by Gasteiger charge is -2.09. The molecule has 19 heavy (non-hydrogen) atoms. The molecule has 0 aliphatic heterocycles. The van der Waals surface area contributed by atoms with E-state index in [4.69, 9.17) is 11.6 Å². The van der Waals surface area contributed by atoms with Gasteiger partial charge in [0.15, 0.2) is 0 Å². The average Bonchev–Trinajstić information content (AvgIpc) is 2.72. The van der Waals surface area contributed by atoms with Crippen LogP contribution < -0.4 is 5.43 Å². The molecule has 0 saturated heterocycles. The topological polar surface area (TPSA) is 59.8 Å². The van der Waals surface area contributed by atoms with Crippen molar-refractivity contribution in [3.63, 3.8) is 0 Å². The Morgan fingerprint density at radius 3 is 2.95 bits per heavy atom. The minimum Gasteiger partial charge on any atom is -0.267 e. The molecule has 2 rings (SSSR count). The van der Waals surface area contributed by atoms with Crippen molar-refractivity contribution in [1.29, 1.82) is 0 Å². The van der Waals surface area contributed by atoms with Crippen LogP contribution in [0, 0.1) is 6.92 Å². The number of carbonyl (C=O) groups excluding carboxylic acids is 1. The largest absolute Gasteiger partial charge is 0.270 e. The van der Waals surface area contributed by atoms with Crippen LogP contribution in [0.15, 0.2) is 29.4 Å². The van der Waals surface area contributed by atoms with Gasteiger partial charge in [-0.05, 0) is 30.9 Å². The van der Waals surface area contributed by atoms with Crippen molar-refractivity contribution in [3.8, 4) is 0 Å². The number of benzene rings is 1. The minimum atomic E-state index is -0.247. The molecule has 1 aromatic carbocycles. The first-order valence-electron chi connectivity index (χ1n) is 5.73. The van der Waals surface area contributed by atoms with E-state index in [1.807, 2.05) is 6.92 Å². The second-order valence-electron chi connectivity index (χ2n) is 3.75. The molecule has 1 amide bonds. The van der Waals surface area contributed by atoms with Gasteiger partial charge in [0.25, 0.3) is 5.91 Å². The molecule has 0 aliphatic carbocycles. The quantitative estimate of drug-likeness (QED) is 0.881. The third-order valence-electron chi connectivity index (χ3n) is 2.37. The second-order valence-corrected chi connectivity index (χ2v) is 5.42. The Morgan fingerprint density at radius 2 is 2.26 bits per heavy atom. The van der Waals surface area contributed by atoms with Crippen molar-refractivity contribution in [2.24, 2.45) is 0 Å². The van der Waals surface area contributed by atoms with Gasteiger partial charge in [0.05, 0.1) is 0 Å². The minimum absolute atomic E-state index is 0.247. The van der Waals surface area contributed by atoms with Crippen LogP contribution in [0.1, 0.15) is 23.1 Å². The van der Waals surface area contributed by atoms with Gasteiger partial charge in [0, 0.05) is 10.6 Å². The average molecular weight is 297 g/mol. The van der Waals surface area contributed by atoms with Crippen molar-refractivity contribution < 1.29 is 4.79 Å². The van der Waals surface area contributed by atoms with Gasteiger partial charge in [-0.1, -0.05) is 36.4 Å². The molecular weight excluding hydrogens is 284 g/mol. The number of rotatable bonds is 4. The van der Waals surface area contributed by atoms with Gasteiger partial charge in [-0.3, -0.25) is 10.2 Å². The van der Waals surface area contributed by atoms with E-state index in [9.17, 15) is 4.79 Å². The number of hydrogen-bond acceptors (Lipinski definition) is 4. The molecule has 0 saturated carbocycles. The number of carbonyl (C=O) groups is 1. The van der Waals surface area contributed by atoms with Gasteiger partial charge < -0.3 is 0 Å². The maximum absolute atomic E-state index is 12.1. The number of aromatic nitrogens is 3. The van der Waals surface area contributed by atoms with Crippen molar-refractivity contribution >= 4 is 29.3 Å². The van der Waals surface area contributed by atoms with Gasteiger partial charge in [-0.2, -0.15) is 0 Å². The summed E-state index contributed by atoms with van der Waals surface area (Å²) in [4.78, 5) is 12.1. The van der Waals surface area contributed by atoms with E-state index in [1.165, 1.54) is 11.8 Å². The first-order chi connectivity index (χ1) is 9.11. The Hall–Kier alpha value is -1.53. The molecule has 0 atom stereocenters. The Labute approximate surface area is 120 Å². The molecule has 0 aliphatic rings. The highest BCUT2D eigenvalue weighted by Crippen LogP contribution is 2.15. The summed E-state index contributed by atoms with van der Waals surface area (Å²) in [5.41, 5.74) is 3.25. The molecule has 5 nitrogen and oxygen atoms in total. The lowest BCUT2D eigenvalue weighted by molar-refractivity contribution is 0.101. The zero-order valence-corrected chi connectivity index (χ0v) is 12.1. The van der Waals surface area contributed by atoms with Crippen LogP contribution in [-0.2, 0) is 0 Å². The van der Waals surface area contributed by atoms with E-state index in [2.05, 4.69) is 15.6 Å². The van der Waals surface area contributed by atoms with Gasteiger partial charge in [-0.25, -0.2) is 4.68 Å². The van der Waals surface area contributed by atoms with E-state index in [-0.39, 0.29) is 5.91 Å². The number of hydrogen-bond donors (Lipinski definition) is 1. The molecular formula is C12H13ClN4OS. The molecule has 100 valence electrons. The third kappa shape index (κ3) is 3.27. The molecule has 0 unspecified atom stereocenters. The highest BCUT2D eigenvalue weighted by Gasteiger charge is 2.13. The SMILES string of the molecule is CCSc1nnc(C)n1NC(=O)c1cccc(Cl)c1. The number of amides is 1. The molecule has 0 radical (unpaired) electrons. The van der Waals surface area contributed by atoms with E-state index < -0.39 is 0 Å².